The highest BCUT2D eigenvalue weighted by atomic mass is 35.5. The molecule has 26 heavy (non-hydrogen) atoms. The van der Waals surface area contributed by atoms with Crippen LogP contribution in [0.5, 0.6) is 5.75 Å². The maximum absolute atomic E-state index is 12.4. The van der Waals surface area contributed by atoms with Crippen molar-refractivity contribution in [3.63, 3.8) is 0 Å². The van der Waals surface area contributed by atoms with Gasteiger partial charge in [0.2, 0.25) is 0 Å². The minimum atomic E-state index is -0.330. The first kappa shape index (κ1) is 17.7. The monoisotopic (exact) mass is 364 g/mol. The number of para-hydroxylation sites is 1. The van der Waals surface area contributed by atoms with Crippen molar-refractivity contribution in [2.24, 2.45) is 5.10 Å². The van der Waals surface area contributed by atoms with Crippen LogP contribution in [-0.4, -0.2) is 12.1 Å². The Hall–Kier alpha value is -3.11. The number of nitrogens with zero attached hydrogens (tertiary/aromatic N) is 1. The lowest BCUT2D eigenvalue weighted by Crippen LogP contribution is -2.18. The molecule has 0 bridgehead atoms. The molecule has 0 atom stereocenters. The molecule has 0 aliphatic rings. The fourth-order valence-corrected chi connectivity index (χ4v) is 2.41. The predicted octanol–water partition coefficient (Wildman–Crippen LogP) is 4.68. The Labute approximate surface area is 157 Å². The van der Waals surface area contributed by atoms with Gasteiger partial charge in [0.15, 0.2) is 0 Å². The van der Waals surface area contributed by atoms with Gasteiger partial charge in [0.05, 0.1) is 11.8 Å². The van der Waals surface area contributed by atoms with Crippen LogP contribution < -0.4 is 10.2 Å². The van der Waals surface area contributed by atoms with E-state index in [9.17, 15) is 4.79 Å². The van der Waals surface area contributed by atoms with E-state index < -0.39 is 0 Å². The molecule has 1 amide bonds. The highest BCUT2D eigenvalue weighted by Crippen LogP contribution is 2.20. The molecular formula is C21H17ClN2O2. The van der Waals surface area contributed by atoms with Crippen LogP contribution >= 0.6 is 11.6 Å². The van der Waals surface area contributed by atoms with Gasteiger partial charge in [-0.15, -0.1) is 0 Å². The van der Waals surface area contributed by atoms with Gasteiger partial charge in [-0.2, -0.15) is 5.10 Å². The van der Waals surface area contributed by atoms with Gasteiger partial charge in [-0.05, 0) is 35.4 Å². The third-order valence-electron chi connectivity index (χ3n) is 3.62. The zero-order valence-corrected chi connectivity index (χ0v) is 14.7. The van der Waals surface area contributed by atoms with Crippen LogP contribution in [-0.2, 0) is 6.61 Å². The lowest BCUT2D eigenvalue weighted by atomic mass is 10.2. The Morgan fingerprint density at radius 3 is 2.42 bits per heavy atom. The van der Waals surface area contributed by atoms with E-state index in [-0.39, 0.29) is 5.91 Å². The second kappa shape index (κ2) is 8.83. The molecule has 1 N–H and O–H groups in total. The van der Waals surface area contributed by atoms with Crippen LogP contribution in [0.1, 0.15) is 21.5 Å². The molecule has 0 saturated heterocycles. The molecule has 0 aliphatic carbocycles. The Morgan fingerprint density at radius 2 is 1.65 bits per heavy atom. The summed E-state index contributed by atoms with van der Waals surface area (Å²) in [5.74, 6) is 0.166. The van der Waals surface area contributed by atoms with Crippen LogP contribution in [0.2, 0.25) is 5.02 Å². The van der Waals surface area contributed by atoms with E-state index in [1.165, 1.54) is 0 Å². The molecule has 0 spiro atoms. The highest BCUT2D eigenvalue weighted by molar-refractivity contribution is 6.30. The van der Waals surface area contributed by atoms with E-state index in [2.05, 4.69) is 10.5 Å². The Bertz CT molecular complexity index is 893. The first-order valence-corrected chi connectivity index (χ1v) is 8.45. The van der Waals surface area contributed by atoms with E-state index >= 15 is 0 Å². The van der Waals surface area contributed by atoms with E-state index in [4.69, 9.17) is 16.3 Å². The molecule has 3 aromatic carbocycles. The van der Waals surface area contributed by atoms with E-state index in [1.807, 2.05) is 48.5 Å². The number of amides is 1. The second-order valence-corrected chi connectivity index (χ2v) is 5.96. The molecule has 0 unspecified atom stereocenters. The number of hydrazone groups is 1. The summed E-state index contributed by atoms with van der Waals surface area (Å²) >= 11 is 5.88. The molecule has 4 nitrogen and oxygen atoms in total. The summed E-state index contributed by atoms with van der Waals surface area (Å²) in [6, 6.07) is 24.0. The van der Waals surface area contributed by atoms with E-state index in [1.54, 1.807) is 36.5 Å². The first-order valence-electron chi connectivity index (χ1n) is 8.07. The molecule has 0 aliphatic heterocycles. The number of halogens is 1. The van der Waals surface area contributed by atoms with Gasteiger partial charge in [-0.1, -0.05) is 66.2 Å². The maximum atomic E-state index is 12.4. The Morgan fingerprint density at radius 1 is 0.962 bits per heavy atom. The smallest absolute Gasteiger partial charge is 0.275 e. The van der Waals surface area contributed by atoms with Crippen LogP contribution in [0.3, 0.4) is 0 Å². The minimum Gasteiger partial charge on any atom is -0.488 e. The van der Waals surface area contributed by atoms with Gasteiger partial charge < -0.3 is 4.74 Å². The number of nitrogens with one attached hydrogen (secondary N) is 1. The predicted molar refractivity (Wildman–Crippen MR) is 104 cm³/mol. The standard InChI is InChI=1S/C21H17ClN2O2/c22-18-12-10-17(11-13-18)15-26-20-9-5-4-8-19(20)21(25)24-23-14-16-6-2-1-3-7-16/h1-14H,15H2,(H,24,25). The van der Waals surface area contributed by atoms with Crippen LogP contribution in [0.15, 0.2) is 84.0 Å². The molecule has 3 aromatic rings. The third-order valence-corrected chi connectivity index (χ3v) is 3.87. The summed E-state index contributed by atoms with van der Waals surface area (Å²) in [6.07, 6.45) is 1.59. The van der Waals surface area contributed by atoms with Crippen molar-refractivity contribution in [1.29, 1.82) is 0 Å². The molecule has 0 radical (unpaired) electrons. The normalized spacial score (nSPS) is 10.7. The van der Waals surface area contributed by atoms with Crippen LogP contribution in [0.25, 0.3) is 0 Å². The van der Waals surface area contributed by atoms with Crippen LogP contribution in [0, 0.1) is 0 Å². The number of rotatable bonds is 6. The zero-order chi connectivity index (χ0) is 18.2. The van der Waals surface area contributed by atoms with Crippen molar-refractivity contribution in [3.8, 4) is 5.75 Å². The topological polar surface area (TPSA) is 50.7 Å². The number of ether oxygens (including phenoxy) is 1. The number of hydrogen-bond acceptors (Lipinski definition) is 3. The summed E-state index contributed by atoms with van der Waals surface area (Å²) in [4.78, 5) is 12.4. The third kappa shape index (κ3) is 4.94. The summed E-state index contributed by atoms with van der Waals surface area (Å²) in [6.45, 7) is 0.342. The van der Waals surface area contributed by atoms with Crippen molar-refractivity contribution in [2.45, 2.75) is 6.61 Å². The van der Waals surface area contributed by atoms with Gasteiger partial charge in [0, 0.05) is 5.02 Å². The molecule has 0 aromatic heterocycles. The largest absolute Gasteiger partial charge is 0.488 e. The zero-order valence-electron chi connectivity index (χ0n) is 13.9. The average molecular weight is 365 g/mol. The Kier molecular flexibility index (Phi) is 6.01. The van der Waals surface area contributed by atoms with Gasteiger partial charge in [-0.25, -0.2) is 5.43 Å². The van der Waals surface area contributed by atoms with Gasteiger partial charge in [0.25, 0.3) is 5.91 Å². The SMILES string of the molecule is O=C(NN=Cc1ccccc1)c1ccccc1OCc1ccc(Cl)cc1. The molecule has 5 heteroatoms. The number of hydrogen-bond donors (Lipinski definition) is 1. The van der Waals surface area contributed by atoms with Crippen molar-refractivity contribution >= 4 is 23.7 Å². The lowest BCUT2D eigenvalue weighted by molar-refractivity contribution is 0.0950. The summed E-state index contributed by atoms with van der Waals surface area (Å²) in [5, 5.41) is 4.66. The van der Waals surface area contributed by atoms with Crippen molar-refractivity contribution in [1.82, 2.24) is 5.43 Å². The van der Waals surface area contributed by atoms with Gasteiger partial charge >= 0.3 is 0 Å². The molecule has 0 saturated carbocycles. The fraction of sp³-hybridized carbons (Fsp3) is 0.0476. The van der Waals surface area contributed by atoms with Crippen molar-refractivity contribution in [3.05, 3.63) is 101 Å². The summed E-state index contributed by atoms with van der Waals surface area (Å²) in [5.41, 5.74) is 4.82. The minimum absolute atomic E-state index is 0.330. The summed E-state index contributed by atoms with van der Waals surface area (Å²) in [7, 11) is 0. The maximum Gasteiger partial charge on any atom is 0.275 e. The average Bonchev–Trinajstić information content (AvgIpc) is 2.68. The molecule has 3 rings (SSSR count). The second-order valence-electron chi connectivity index (χ2n) is 5.52. The van der Waals surface area contributed by atoms with Gasteiger partial charge in [0.1, 0.15) is 12.4 Å². The van der Waals surface area contributed by atoms with Crippen LogP contribution in [0.4, 0.5) is 0 Å². The Balaban J connectivity index is 1.65. The molecular weight excluding hydrogens is 348 g/mol. The first-order chi connectivity index (χ1) is 12.7. The fourth-order valence-electron chi connectivity index (χ4n) is 2.29. The molecule has 130 valence electrons. The highest BCUT2D eigenvalue weighted by Gasteiger charge is 2.11. The van der Waals surface area contributed by atoms with Crippen molar-refractivity contribution in [2.75, 3.05) is 0 Å². The quantitative estimate of drug-likeness (QED) is 0.510. The van der Waals surface area contributed by atoms with Crippen molar-refractivity contribution < 1.29 is 9.53 Å². The van der Waals surface area contributed by atoms with Gasteiger partial charge in [-0.3, -0.25) is 4.79 Å². The number of carbonyl (C=O) groups is 1. The molecule has 0 fully saturated rings. The molecule has 0 heterocycles. The number of benzene rings is 3. The summed E-state index contributed by atoms with van der Waals surface area (Å²) < 4.78 is 5.79. The number of carbonyl (C=O) groups excluding carboxylic acids is 1. The lowest BCUT2D eigenvalue weighted by Gasteiger charge is -2.10. The van der Waals surface area contributed by atoms with E-state index in [0.717, 1.165) is 11.1 Å². The van der Waals surface area contributed by atoms with E-state index in [0.29, 0.717) is 22.9 Å².